The molecule has 2 atom stereocenters. The molecule has 1 heterocycles. The van der Waals surface area contributed by atoms with Gasteiger partial charge in [0.05, 0.1) is 11.7 Å². The van der Waals surface area contributed by atoms with Gasteiger partial charge >= 0.3 is 0 Å². The van der Waals surface area contributed by atoms with Crippen molar-refractivity contribution in [3.8, 4) is 0 Å². The molecule has 2 N–H and O–H groups in total. The quantitative estimate of drug-likeness (QED) is 0.738. The van der Waals surface area contributed by atoms with Crippen LogP contribution in [0.4, 0.5) is 5.69 Å². The van der Waals surface area contributed by atoms with Crippen molar-refractivity contribution in [1.82, 2.24) is 5.32 Å². The fourth-order valence-corrected chi connectivity index (χ4v) is 3.38. The van der Waals surface area contributed by atoms with Crippen LogP contribution in [0.2, 0.25) is 0 Å². The van der Waals surface area contributed by atoms with Gasteiger partial charge in [0.25, 0.3) is 0 Å². The lowest BCUT2D eigenvalue weighted by Crippen LogP contribution is -2.39. The summed E-state index contributed by atoms with van der Waals surface area (Å²) in [6.07, 6.45) is 1.06. The van der Waals surface area contributed by atoms with E-state index in [1.165, 1.54) is 0 Å². The zero-order valence-electron chi connectivity index (χ0n) is 9.47. The lowest BCUT2D eigenvalue weighted by atomic mass is 10.0. The molecule has 0 radical (unpaired) electrons. The van der Waals surface area contributed by atoms with Gasteiger partial charge < -0.3 is 10.6 Å². The summed E-state index contributed by atoms with van der Waals surface area (Å²) in [5.41, 5.74) is 0.830. The topological polar surface area (TPSA) is 41.1 Å². The predicted molar refractivity (Wildman–Crippen MR) is 81.1 cm³/mol. The van der Waals surface area contributed by atoms with E-state index in [4.69, 9.17) is 0 Å². The zero-order chi connectivity index (χ0) is 12.4. The van der Waals surface area contributed by atoms with Gasteiger partial charge in [-0.3, -0.25) is 4.79 Å². The SMILES string of the molecule is CC1CCNC1C(=O)Nc1ccc(I)cc1Br. The second-order valence-electron chi connectivity index (χ2n) is 4.31. The van der Waals surface area contributed by atoms with Crippen molar-refractivity contribution in [2.24, 2.45) is 5.92 Å². The molecular formula is C12H14BrIN2O. The van der Waals surface area contributed by atoms with E-state index in [1.54, 1.807) is 0 Å². The van der Waals surface area contributed by atoms with Crippen LogP contribution in [0.15, 0.2) is 22.7 Å². The first-order valence-electron chi connectivity index (χ1n) is 5.57. The highest BCUT2D eigenvalue weighted by atomic mass is 127. The van der Waals surface area contributed by atoms with E-state index in [1.807, 2.05) is 18.2 Å². The van der Waals surface area contributed by atoms with Crippen LogP contribution in [-0.2, 0) is 4.79 Å². The number of hydrogen-bond donors (Lipinski definition) is 2. The molecule has 0 aliphatic carbocycles. The van der Waals surface area contributed by atoms with Gasteiger partial charge in [-0.2, -0.15) is 0 Å². The van der Waals surface area contributed by atoms with Crippen molar-refractivity contribution in [2.75, 3.05) is 11.9 Å². The molecule has 2 rings (SSSR count). The number of amides is 1. The number of rotatable bonds is 2. The van der Waals surface area contributed by atoms with Gasteiger partial charge in [-0.05, 0) is 75.6 Å². The summed E-state index contributed by atoms with van der Waals surface area (Å²) in [5.74, 6) is 0.453. The lowest BCUT2D eigenvalue weighted by Gasteiger charge is -2.16. The Bertz CT molecular complexity index is 439. The summed E-state index contributed by atoms with van der Waals surface area (Å²) in [7, 11) is 0. The Morgan fingerprint density at radius 3 is 2.94 bits per heavy atom. The summed E-state index contributed by atoms with van der Waals surface area (Å²) in [5, 5.41) is 6.19. The van der Waals surface area contributed by atoms with Gasteiger partial charge in [0, 0.05) is 8.04 Å². The fourth-order valence-electron chi connectivity index (χ4n) is 1.99. The molecule has 1 saturated heterocycles. The van der Waals surface area contributed by atoms with Gasteiger partial charge in [0.2, 0.25) is 5.91 Å². The van der Waals surface area contributed by atoms with Crippen molar-refractivity contribution < 1.29 is 4.79 Å². The van der Waals surface area contributed by atoms with Gasteiger partial charge in [-0.25, -0.2) is 0 Å². The van der Waals surface area contributed by atoms with Crippen molar-refractivity contribution in [2.45, 2.75) is 19.4 Å². The second kappa shape index (κ2) is 5.67. The minimum Gasteiger partial charge on any atom is -0.324 e. The largest absolute Gasteiger partial charge is 0.324 e. The highest BCUT2D eigenvalue weighted by Crippen LogP contribution is 2.25. The third kappa shape index (κ3) is 3.20. The van der Waals surface area contributed by atoms with E-state index in [2.05, 4.69) is 56.1 Å². The van der Waals surface area contributed by atoms with E-state index < -0.39 is 0 Å². The Balaban J connectivity index is 2.07. The Morgan fingerprint density at radius 1 is 1.59 bits per heavy atom. The number of benzene rings is 1. The molecule has 1 amide bonds. The van der Waals surface area contributed by atoms with E-state index in [-0.39, 0.29) is 11.9 Å². The van der Waals surface area contributed by atoms with Gasteiger partial charge in [-0.1, -0.05) is 6.92 Å². The van der Waals surface area contributed by atoms with Gasteiger partial charge in [0.1, 0.15) is 0 Å². The fraction of sp³-hybridized carbons (Fsp3) is 0.417. The number of nitrogens with one attached hydrogen (secondary N) is 2. The Morgan fingerprint density at radius 2 is 2.35 bits per heavy atom. The number of carbonyl (C=O) groups is 1. The molecule has 0 saturated carbocycles. The number of hydrogen-bond acceptors (Lipinski definition) is 2. The Hall–Kier alpha value is -0.140. The van der Waals surface area contributed by atoms with Crippen LogP contribution in [0, 0.1) is 9.49 Å². The summed E-state index contributed by atoms with van der Waals surface area (Å²) in [6.45, 7) is 3.03. The van der Waals surface area contributed by atoms with Crippen LogP contribution >= 0.6 is 38.5 Å². The summed E-state index contributed by atoms with van der Waals surface area (Å²) in [6, 6.07) is 5.82. The van der Waals surface area contributed by atoms with Crippen molar-refractivity contribution in [1.29, 1.82) is 0 Å². The molecule has 3 nitrogen and oxygen atoms in total. The Labute approximate surface area is 123 Å². The molecule has 1 fully saturated rings. The highest BCUT2D eigenvalue weighted by Gasteiger charge is 2.29. The standard InChI is InChI=1S/C12H14BrIN2O/c1-7-4-5-15-11(7)12(17)16-10-3-2-8(14)6-9(10)13/h2-3,6-7,11,15H,4-5H2,1H3,(H,16,17). The summed E-state index contributed by atoms with van der Waals surface area (Å²) >= 11 is 5.70. The average molecular weight is 409 g/mol. The first-order chi connectivity index (χ1) is 8.08. The number of carbonyl (C=O) groups excluding carboxylic acids is 1. The minimum atomic E-state index is -0.0684. The van der Waals surface area contributed by atoms with Crippen LogP contribution in [0.5, 0.6) is 0 Å². The first kappa shape index (κ1) is 13.3. The minimum absolute atomic E-state index is 0.0527. The van der Waals surface area contributed by atoms with Crippen LogP contribution in [0.25, 0.3) is 0 Å². The second-order valence-corrected chi connectivity index (χ2v) is 6.41. The number of halogens is 2. The van der Waals surface area contributed by atoms with Gasteiger partial charge in [-0.15, -0.1) is 0 Å². The number of anilines is 1. The average Bonchev–Trinajstić information content (AvgIpc) is 2.68. The van der Waals surface area contributed by atoms with Crippen molar-refractivity contribution in [3.05, 3.63) is 26.2 Å². The van der Waals surface area contributed by atoms with E-state index in [9.17, 15) is 4.79 Å². The molecule has 1 aromatic rings. The molecular weight excluding hydrogens is 395 g/mol. The Kier molecular flexibility index (Phi) is 4.43. The van der Waals surface area contributed by atoms with Crippen LogP contribution in [-0.4, -0.2) is 18.5 Å². The molecule has 1 aliphatic rings. The maximum Gasteiger partial charge on any atom is 0.241 e. The molecule has 0 aromatic heterocycles. The normalized spacial score (nSPS) is 23.7. The predicted octanol–water partition coefficient (Wildman–Crippen LogP) is 2.99. The third-order valence-electron chi connectivity index (χ3n) is 3.00. The molecule has 0 spiro atoms. The monoisotopic (exact) mass is 408 g/mol. The molecule has 5 heteroatoms. The third-order valence-corrected chi connectivity index (χ3v) is 4.33. The first-order valence-corrected chi connectivity index (χ1v) is 7.44. The zero-order valence-corrected chi connectivity index (χ0v) is 13.2. The van der Waals surface area contributed by atoms with Crippen LogP contribution in [0.3, 0.4) is 0 Å². The molecule has 2 unspecified atom stereocenters. The molecule has 92 valence electrons. The van der Waals surface area contributed by atoms with Crippen LogP contribution in [0.1, 0.15) is 13.3 Å². The summed E-state index contributed by atoms with van der Waals surface area (Å²) in [4.78, 5) is 12.1. The molecule has 1 aliphatic heterocycles. The maximum absolute atomic E-state index is 12.1. The van der Waals surface area contributed by atoms with E-state index >= 15 is 0 Å². The summed E-state index contributed by atoms with van der Waals surface area (Å²) < 4.78 is 2.06. The van der Waals surface area contributed by atoms with Gasteiger partial charge in [0.15, 0.2) is 0 Å². The van der Waals surface area contributed by atoms with E-state index in [0.29, 0.717) is 5.92 Å². The maximum atomic E-state index is 12.1. The van der Waals surface area contributed by atoms with Crippen LogP contribution < -0.4 is 10.6 Å². The van der Waals surface area contributed by atoms with E-state index in [0.717, 1.165) is 26.7 Å². The molecule has 0 bridgehead atoms. The lowest BCUT2D eigenvalue weighted by molar-refractivity contribution is -0.118. The molecule has 1 aromatic carbocycles. The molecule has 17 heavy (non-hydrogen) atoms. The van der Waals surface area contributed by atoms with Crippen molar-refractivity contribution >= 4 is 50.1 Å². The highest BCUT2D eigenvalue weighted by molar-refractivity contribution is 14.1. The van der Waals surface area contributed by atoms with Crippen molar-refractivity contribution in [3.63, 3.8) is 0 Å². The smallest absolute Gasteiger partial charge is 0.241 e.